The number of methoxy groups -OCH3 is 2. The van der Waals surface area contributed by atoms with Crippen molar-refractivity contribution in [2.75, 3.05) is 33.9 Å². The SMILES string of the molecule is COc1cc2c(c(Br)c1OC)CCN(CCN)C2. The van der Waals surface area contributed by atoms with Gasteiger partial charge < -0.3 is 15.2 Å². The van der Waals surface area contributed by atoms with Crippen LogP contribution in [0.2, 0.25) is 0 Å². The number of rotatable bonds is 4. The van der Waals surface area contributed by atoms with E-state index in [9.17, 15) is 0 Å². The maximum atomic E-state index is 5.62. The van der Waals surface area contributed by atoms with E-state index in [1.165, 1.54) is 11.1 Å². The maximum Gasteiger partial charge on any atom is 0.175 e. The van der Waals surface area contributed by atoms with Gasteiger partial charge in [0.25, 0.3) is 0 Å². The van der Waals surface area contributed by atoms with Gasteiger partial charge in [0.15, 0.2) is 11.5 Å². The molecule has 1 aliphatic rings. The fourth-order valence-electron chi connectivity index (χ4n) is 2.41. The molecule has 1 aliphatic heterocycles. The van der Waals surface area contributed by atoms with Crippen LogP contribution in [0.25, 0.3) is 0 Å². The number of nitrogens with zero attached hydrogens (tertiary/aromatic N) is 1. The van der Waals surface area contributed by atoms with E-state index in [4.69, 9.17) is 15.2 Å². The summed E-state index contributed by atoms with van der Waals surface area (Å²) in [6.45, 7) is 3.60. The number of benzene rings is 1. The molecule has 0 fully saturated rings. The van der Waals surface area contributed by atoms with Gasteiger partial charge in [0, 0.05) is 26.2 Å². The highest BCUT2D eigenvalue weighted by molar-refractivity contribution is 9.10. The zero-order valence-corrected chi connectivity index (χ0v) is 12.4. The molecule has 0 amide bonds. The fourth-order valence-corrected chi connectivity index (χ4v) is 3.22. The molecule has 0 saturated carbocycles. The molecule has 1 aromatic rings. The van der Waals surface area contributed by atoms with Crippen LogP contribution in [0.4, 0.5) is 0 Å². The molecule has 0 unspecified atom stereocenters. The number of nitrogens with two attached hydrogens (primary N) is 1. The summed E-state index contributed by atoms with van der Waals surface area (Å²) in [5, 5.41) is 0. The summed E-state index contributed by atoms with van der Waals surface area (Å²) in [7, 11) is 3.33. The molecule has 0 bridgehead atoms. The highest BCUT2D eigenvalue weighted by atomic mass is 79.9. The molecule has 4 nitrogen and oxygen atoms in total. The zero-order chi connectivity index (χ0) is 13.1. The second kappa shape index (κ2) is 5.91. The van der Waals surface area contributed by atoms with Gasteiger partial charge in [-0.1, -0.05) is 0 Å². The Balaban J connectivity index is 2.37. The lowest BCUT2D eigenvalue weighted by atomic mass is 9.99. The van der Waals surface area contributed by atoms with Crippen LogP contribution in [0, 0.1) is 0 Å². The van der Waals surface area contributed by atoms with Crippen molar-refractivity contribution in [1.82, 2.24) is 4.90 Å². The fraction of sp³-hybridized carbons (Fsp3) is 0.538. The van der Waals surface area contributed by atoms with Crippen LogP contribution < -0.4 is 15.2 Å². The van der Waals surface area contributed by atoms with Gasteiger partial charge in [0.1, 0.15) is 0 Å². The lowest BCUT2D eigenvalue weighted by Crippen LogP contribution is -2.34. The lowest BCUT2D eigenvalue weighted by Gasteiger charge is -2.30. The van der Waals surface area contributed by atoms with Crippen LogP contribution in [0.5, 0.6) is 11.5 Å². The number of hydrogen-bond acceptors (Lipinski definition) is 4. The van der Waals surface area contributed by atoms with Gasteiger partial charge in [-0.15, -0.1) is 0 Å². The molecule has 100 valence electrons. The molecule has 0 atom stereocenters. The van der Waals surface area contributed by atoms with Crippen LogP contribution in [0.15, 0.2) is 10.5 Å². The summed E-state index contributed by atoms with van der Waals surface area (Å²) in [5.74, 6) is 1.56. The van der Waals surface area contributed by atoms with Gasteiger partial charge in [-0.2, -0.15) is 0 Å². The van der Waals surface area contributed by atoms with Crippen molar-refractivity contribution in [3.05, 3.63) is 21.7 Å². The van der Waals surface area contributed by atoms with E-state index in [-0.39, 0.29) is 0 Å². The van der Waals surface area contributed by atoms with Crippen molar-refractivity contribution < 1.29 is 9.47 Å². The molecule has 18 heavy (non-hydrogen) atoms. The summed E-state index contributed by atoms with van der Waals surface area (Å²) in [4.78, 5) is 2.36. The zero-order valence-electron chi connectivity index (χ0n) is 10.8. The molecule has 0 aromatic heterocycles. The lowest BCUT2D eigenvalue weighted by molar-refractivity contribution is 0.259. The van der Waals surface area contributed by atoms with E-state index in [1.54, 1.807) is 14.2 Å². The first-order chi connectivity index (χ1) is 8.71. The van der Waals surface area contributed by atoms with E-state index in [1.807, 2.05) is 0 Å². The molecule has 2 rings (SSSR count). The molecule has 1 aromatic carbocycles. The van der Waals surface area contributed by atoms with Crippen molar-refractivity contribution in [1.29, 1.82) is 0 Å². The number of hydrogen-bond donors (Lipinski definition) is 1. The second-order valence-electron chi connectivity index (χ2n) is 4.38. The summed E-state index contributed by atoms with van der Waals surface area (Å²) in [6.07, 6.45) is 1.01. The highest BCUT2D eigenvalue weighted by Gasteiger charge is 2.22. The van der Waals surface area contributed by atoms with Crippen molar-refractivity contribution in [2.45, 2.75) is 13.0 Å². The van der Waals surface area contributed by atoms with Crippen LogP contribution in [0.1, 0.15) is 11.1 Å². The predicted octanol–water partition coefficient (Wildman–Crippen LogP) is 1.78. The number of fused-ring (bicyclic) bond motifs is 1. The molecule has 0 radical (unpaired) electrons. The largest absolute Gasteiger partial charge is 0.493 e. The first-order valence-corrected chi connectivity index (χ1v) is 6.85. The maximum absolute atomic E-state index is 5.62. The summed E-state index contributed by atoms with van der Waals surface area (Å²) < 4.78 is 11.8. The topological polar surface area (TPSA) is 47.7 Å². The molecule has 0 aliphatic carbocycles. The van der Waals surface area contributed by atoms with Crippen LogP contribution in [0.3, 0.4) is 0 Å². The molecule has 1 heterocycles. The third-order valence-corrected chi connectivity index (χ3v) is 4.16. The van der Waals surface area contributed by atoms with E-state index in [2.05, 4.69) is 26.9 Å². The van der Waals surface area contributed by atoms with Gasteiger partial charge in [-0.05, 0) is 39.5 Å². The third-order valence-electron chi connectivity index (χ3n) is 3.32. The summed E-state index contributed by atoms with van der Waals surface area (Å²) in [5.41, 5.74) is 8.23. The quantitative estimate of drug-likeness (QED) is 0.920. The van der Waals surface area contributed by atoms with E-state index in [0.717, 1.165) is 42.0 Å². The van der Waals surface area contributed by atoms with E-state index in [0.29, 0.717) is 6.54 Å². The minimum atomic E-state index is 0.698. The minimum Gasteiger partial charge on any atom is -0.493 e. The normalized spacial score (nSPS) is 15.3. The van der Waals surface area contributed by atoms with Crippen LogP contribution in [-0.2, 0) is 13.0 Å². The highest BCUT2D eigenvalue weighted by Crippen LogP contribution is 2.41. The Morgan fingerprint density at radius 2 is 2.17 bits per heavy atom. The van der Waals surface area contributed by atoms with Gasteiger partial charge >= 0.3 is 0 Å². The molecule has 2 N–H and O–H groups in total. The molecular weight excluding hydrogens is 296 g/mol. The number of halogens is 1. The Labute approximate surface area is 116 Å². The van der Waals surface area contributed by atoms with E-state index >= 15 is 0 Å². The Kier molecular flexibility index (Phi) is 4.48. The first kappa shape index (κ1) is 13.6. The summed E-state index contributed by atoms with van der Waals surface area (Å²) in [6, 6.07) is 2.07. The molecule has 5 heteroatoms. The van der Waals surface area contributed by atoms with Gasteiger partial charge in [0.05, 0.1) is 18.7 Å². The van der Waals surface area contributed by atoms with Crippen LogP contribution >= 0.6 is 15.9 Å². The Hall–Kier alpha value is -0.780. The summed E-state index contributed by atoms with van der Waals surface area (Å²) >= 11 is 3.63. The van der Waals surface area contributed by atoms with Crippen molar-refractivity contribution in [3.8, 4) is 11.5 Å². The van der Waals surface area contributed by atoms with Crippen LogP contribution in [-0.4, -0.2) is 38.8 Å². The third kappa shape index (κ3) is 2.48. The van der Waals surface area contributed by atoms with Gasteiger partial charge in [-0.25, -0.2) is 0 Å². The van der Waals surface area contributed by atoms with Crippen molar-refractivity contribution >= 4 is 15.9 Å². The smallest absolute Gasteiger partial charge is 0.175 e. The molecule has 0 spiro atoms. The molecule has 0 saturated heterocycles. The van der Waals surface area contributed by atoms with Gasteiger partial charge in [-0.3, -0.25) is 4.90 Å². The molecular formula is C13H19BrN2O2. The number of ether oxygens (including phenoxy) is 2. The Morgan fingerprint density at radius 3 is 2.78 bits per heavy atom. The van der Waals surface area contributed by atoms with Gasteiger partial charge in [0.2, 0.25) is 0 Å². The Morgan fingerprint density at radius 1 is 1.39 bits per heavy atom. The monoisotopic (exact) mass is 314 g/mol. The first-order valence-electron chi connectivity index (χ1n) is 6.06. The predicted molar refractivity (Wildman–Crippen MR) is 75.3 cm³/mol. The van der Waals surface area contributed by atoms with E-state index < -0.39 is 0 Å². The minimum absolute atomic E-state index is 0.698. The average Bonchev–Trinajstić information content (AvgIpc) is 2.38. The second-order valence-corrected chi connectivity index (χ2v) is 5.17. The standard InChI is InChI=1S/C13H19BrN2O2/c1-17-11-7-9-8-16(6-4-15)5-3-10(9)12(14)13(11)18-2/h7H,3-6,8,15H2,1-2H3. The van der Waals surface area contributed by atoms with Crippen molar-refractivity contribution in [3.63, 3.8) is 0 Å². The van der Waals surface area contributed by atoms with Crippen molar-refractivity contribution in [2.24, 2.45) is 5.73 Å². The average molecular weight is 315 g/mol. The Bertz CT molecular complexity index is 437.